The molecule has 1 aromatic carbocycles. The number of carboxylic acid groups (broad SMARTS) is 1. The molecule has 0 radical (unpaired) electrons. The molecule has 1 fully saturated rings. The molecule has 0 atom stereocenters. The molecule has 2 aromatic rings. The Morgan fingerprint density at radius 3 is 2.75 bits per heavy atom. The summed E-state index contributed by atoms with van der Waals surface area (Å²) in [6, 6.07) is 7.54. The van der Waals surface area contributed by atoms with Crippen molar-refractivity contribution in [2.24, 2.45) is 5.92 Å². The van der Waals surface area contributed by atoms with E-state index in [2.05, 4.69) is 20.2 Å². The Hall–Kier alpha value is -2.34. The number of aromatic nitrogens is 2. The number of hydrogen-bond acceptors (Lipinski definition) is 5. The molecule has 3 rings (SSSR count). The number of nitrogens with one attached hydrogen (secondary N) is 1. The Balaban J connectivity index is 1.70. The lowest BCUT2D eigenvalue weighted by Gasteiger charge is -2.31. The summed E-state index contributed by atoms with van der Waals surface area (Å²) in [6.45, 7) is 3.32. The maximum Gasteiger partial charge on any atom is 0.306 e. The van der Waals surface area contributed by atoms with Crippen molar-refractivity contribution in [3.05, 3.63) is 41.0 Å². The van der Waals surface area contributed by atoms with Crippen molar-refractivity contribution < 1.29 is 9.90 Å². The molecule has 0 aliphatic carbocycles. The zero-order chi connectivity index (χ0) is 17.1. The van der Waals surface area contributed by atoms with Crippen LogP contribution >= 0.6 is 11.6 Å². The van der Waals surface area contributed by atoms with E-state index in [1.807, 2.05) is 31.2 Å². The molecule has 7 heteroatoms. The van der Waals surface area contributed by atoms with Crippen molar-refractivity contribution in [3.8, 4) is 0 Å². The summed E-state index contributed by atoms with van der Waals surface area (Å²) in [6.07, 6.45) is 2.97. The molecule has 6 nitrogen and oxygen atoms in total. The van der Waals surface area contributed by atoms with E-state index >= 15 is 0 Å². The summed E-state index contributed by atoms with van der Waals surface area (Å²) in [7, 11) is 0. The van der Waals surface area contributed by atoms with Crippen molar-refractivity contribution in [2.45, 2.75) is 19.8 Å². The van der Waals surface area contributed by atoms with Gasteiger partial charge in [-0.1, -0.05) is 17.7 Å². The highest BCUT2D eigenvalue weighted by Crippen LogP contribution is 2.25. The molecule has 126 valence electrons. The van der Waals surface area contributed by atoms with Crippen molar-refractivity contribution in [1.82, 2.24) is 9.97 Å². The molecule has 0 saturated carbocycles. The summed E-state index contributed by atoms with van der Waals surface area (Å²) >= 11 is 6.14. The standard InChI is InChI=1S/C17H19ClN4O2/c1-11-2-3-13(10-14(11)18)20-17-19-7-4-15(21-17)22-8-5-12(6-9-22)16(23)24/h2-4,7,10,12H,5-6,8-9H2,1H3,(H,23,24)(H,19,20,21). The zero-order valence-electron chi connectivity index (χ0n) is 13.4. The monoisotopic (exact) mass is 346 g/mol. The minimum Gasteiger partial charge on any atom is -0.481 e. The topological polar surface area (TPSA) is 78.4 Å². The lowest BCUT2D eigenvalue weighted by Crippen LogP contribution is -2.36. The molecule has 24 heavy (non-hydrogen) atoms. The molecular formula is C17H19ClN4O2. The Kier molecular flexibility index (Phi) is 4.85. The molecule has 1 aromatic heterocycles. The quantitative estimate of drug-likeness (QED) is 0.882. The Labute approximate surface area is 145 Å². The van der Waals surface area contributed by atoms with Crippen molar-refractivity contribution in [3.63, 3.8) is 0 Å². The van der Waals surface area contributed by atoms with E-state index in [0.29, 0.717) is 36.9 Å². The number of carboxylic acids is 1. The zero-order valence-corrected chi connectivity index (χ0v) is 14.1. The van der Waals surface area contributed by atoms with Gasteiger partial charge in [-0.3, -0.25) is 4.79 Å². The van der Waals surface area contributed by atoms with E-state index in [1.54, 1.807) is 6.20 Å². The van der Waals surface area contributed by atoms with Crippen LogP contribution in [0.2, 0.25) is 5.02 Å². The first-order valence-electron chi connectivity index (χ1n) is 7.87. The first kappa shape index (κ1) is 16.5. The van der Waals surface area contributed by atoms with E-state index < -0.39 is 5.97 Å². The summed E-state index contributed by atoms with van der Waals surface area (Å²) < 4.78 is 0. The lowest BCUT2D eigenvalue weighted by atomic mass is 9.97. The number of piperidine rings is 1. The largest absolute Gasteiger partial charge is 0.481 e. The third kappa shape index (κ3) is 3.76. The number of nitrogens with zero attached hydrogens (tertiary/aromatic N) is 3. The fourth-order valence-corrected chi connectivity index (χ4v) is 2.92. The number of benzene rings is 1. The first-order chi connectivity index (χ1) is 11.5. The van der Waals surface area contributed by atoms with Crippen LogP contribution in [0.3, 0.4) is 0 Å². The lowest BCUT2D eigenvalue weighted by molar-refractivity contribution is -0.142. The number of aryl methyl sites for hydroxylation is 1. The SMILES string of the molecule is Cc1ccc(Nc2nccc(N3CCC(C(=O)O)CC3)n2)cc1Cl. The molecular weight excluding hydrogens is 328 g/mol. The summed E-state index contributed by atoms with van der Waals surface area (Å²) in [5, 5.41) is 12.9. The molecule has 1 aliphatic rings. The van der Waals surface area contributed by atoms with Crippen molar-refractivity contribution in [2.75, 3.05) is 23.3 Å². The first-order valence-corrected chi connectivity index (χ1v) is 8.24. The number of carbonyl (C=O) groups is 1. The molecule has 2 heterocycles. The predicted molar refractivity (Wildman–Crippen MR) is 94.1 cm³/mol. The van der Waals surface area contributed by atoms with Crippen LogP contribution in [0.5, 0.6) is 0 Å². The Morgan fingerprint density at radius 2 is 2.08 bits per heavy atom. The second-order valence-electron chi connectivity index (χ2n) is 5.93. The van der Waals surface area contributed by atoms with Gasteiger partial charge in [-0.15, -0.1) is 0 Å². The van der Waals surface area contributed by atoms with Crippen molar-refractivity contribution >= 4 is 35.0 Å². The Morgan fingerprint density at radius 1 is 1.33 bits per heavy atom. The van der Waals surface area contributed by atoms with Gasteiger partial charge in [-0.2, -0.15) is 4.98 Å². The normalized spacial score (nSPS) is 15.3. The van der Waals surface area contributed by atoms with Gasteiger partial charge in [0.15, 0.2) is 0 Å². The van der Waals surface area contributed by atoms with Gasteiger partial charge in [0.05, 0.1) is 5.92 Å². The van der Waals surface area contributed by atoms with Crippen LogP contribution < -0.4 is 10.2 Å². The fraction of sp³-hybridized carbons (Fsp3) is 0.353. The van der Waals surface area contributed by atoms with Gasteiger partial charge in [-0.25, -0.2) is 4.98 Å². The van der Waals surface area contributed by atoms with Crippen LogP contribution in [0.25, 0.3) is 0 Å². The van der Waals surface area contributed by atoms with E-state index in [9.17, 15) is 4.79 Å². The van der Waals surface area contributed by atoms with Gasteiger partial charge in [0, 0.05) is 30.0 Å². The molecule has 1 aliphatic heterocycles. The van der Waals surface area contributed by atoms with E-state index in [-0.39, 0.29) is 5.92 Å². The molecule has 0 spiro atoms. The minimum absolute atomic E-state index is 0.254. The van der Waals surface area contributed by atoms with E-state index in [0.717, 1.165) is 17.1 Å². The molecule has 0 unspecified atom stereocenters. The van der Waals surface area contributed by atoms with Gasteiger partial charge in [0.25, 0.3) is 0 Å². The highest BCUT2D eigenvalue weighted by Gasteiger charge is 2.25. The van der Waals surface area contributed by atoms with Crippen LogP contribution in [0.15, 0.2) is 30.5 Å². The summed E-state index contributed by atoms with van der Waals surface area (Å²) in [5.41, 5.74) is 1.84. The van der Waals surface area contributed by atoms with Gasteiger partial charge < -0.3 is 15.3 Å². The average molecular weight is 347 g/mol. The van der Waals surface area contributed by atoms with E-state index in [4.69, 9.17) is 16.7 Å². The predicted octanol–water partition coefficient (Wildman–Crippen LogP) is 3.48. The molecule has 1 saturated heterocycles. The van der Waals surface area contributed by atoms with E-state index in [1.165, 1.54) is 0 Å². The van der Waals surface area contributed by atoms with Gasteiger partial charge in [0.1, 0.15) is 5.82 Å². The molecule has 0 bridgehead atoms. The van der Waals surface area contributed by atoms with Crippen LogP contribution in [-0.4, -0.2) is 34.1 Å². The van der Waals surface area contributed by atoms with Gasteiger partial charge >= 0.3 is 5.97 Å². The highest BCUT2D eigenvalue weighted by molar-refractivity contribution is 6.31. The number of halogens is 1. The fourth-order valence-electron chi connectivity index (χ4n) is 2.74. The van der Waals surface area contributed by atoms with Crippen LogP contribution in [0, 0.1) is 12.8 Å². The summed E-state index contributed by atoms with van der Waals surface area (Å²) in [5.74, 6) is 0.327. The van der Waals surface area contributed by atoms with Gasteiger partial charge in [0.2, 0.25) is 5.95 Å². The minimum atomic E-state index is -0.712. The second kappa shape index (κ2) is 7.05. The van der Waals surface area contributed by atoms with Crippen molar-refractivity contribution in [1.29, 1.82) is 0 Å². The number of rotatable bonds is 4. The highest BCUT2D eigenvalue weighted by atomic mass is 35.5. The molecule has 2 N–H and O–H groups in total. The number of hydrogen-bond donors (Lipinski definition) is 2. The number of aliphatic carboxylic acids is 1. The maximum absolute atomic E-state index is 11.0. The molecule has 0 amide bonds. The summed E-state index contributed by atoms with van der Waals surface area (Å²) in [4.78, 5) is 21.9. The smallest absolute Gasteiger partial charge is 0.306 e. The Bertz CT molecular complexity index is 745. The average Bonchev–Trinajstić information content (AvgIpc) is 2.58. The third-order valence-electron chi connectivity index (χ3n) is 4.24. The number of anilines is 3. The van der Waals surface area contributed by atoms with Crippen LogP contribution in [0.1, 0.15) is 18.4 Å². The maximum atomic E-state index is 11.0. The second-order valence-corrected chi connectivity index (χ2v) is 6.33. The van der Waals surface area contributed by atoms with Crippen LogP contribution in [0.4, 0.5) is 17.5 Å². The van der Waals surface area contributed by atoms with Gasteiger partial charge in [-0.05, 0) is 43.5 Å². The third-order valence-corrected chi connectivity index (χ3v) is 4.64. The van der Waals surface area contributed by atoms with Crippen LogP contribution in [-0.2, 0) is 4.79 Å².